The number of hydrogen-bond acceptors (Lipinski definition) is 5. The Morgan fingerprint density at radius 1 is 1.00 bits per heavy atom. The maximum absolute atomic E-state index is 12.4. The van der Waals surface area contributed by atoms with Crippen LogP contribution in [0.15, 0.2) is 60.7 Å². The number of nitrogens with zero attached hydrogens (tertiary/aromatic N) is 1. The van der Waals surface area contributed by atoms with Crippen LogP contribution in [0.3, 0.4) is 0 Å². The Kier molecular flexibility index (Phi) is 7.82. The smallest absolute Gasteiger partial charge is 0.412 e. The van der Waals surface area contributed by atoms with Gasteiger partial charge >= 0.3 is 12.1 Å². The van der Waals surface area contributed by atoms with Gasteiger partial charge in [-0.05, 0) is 52.3 Å². The number of hydrogen-bond donors (Lipinski definition) is 1. The van der Waals surface area contributed by atoms with Crippen molar-refractivity contribution in [2.45, 2.75) is 59.2 Å². The summed E-state index contributed by atoms with van der Waals surface area (Å²) >= 11 is 0. The van der Waals surface area contributed by atoms with Crippen molar-refractivity contribution < 1.29 is 19.1 Å². The van der Waals surface area contributed by atoms with E-state index in [2.05, 4.69) is 35.3 Å². The van der Waals surface area contributed by atoms with Gasteiger partial charge in [0.2, 0.25) is 0 Å². The van der Waals surface area contributed by atoms with E-state index in [1.165, 1.54) is 12.7 Å². The summed E-state index contributed by atoms with van der Waals surface area (Å²) in [6.45, 7) is 10.2. The van der Waals surface area contributed by atoms with Crippen LogP contribution in [-0.4, -0.2) is 30.8 Å². The molecule has 3 aromatic rings. The van der Waals surface area contributed by atoms with Crippen LogP contribution in [0.5, 0.6) is 0 Å². The average molecular weight is 463 g/mol. The summed E-state index contributed by atoms with van der Waals surface area (Å²) in [6.07, 6.45) is -0.241. The van der Waals surface area contributed by atoms with Crippen molar-refractivity contribution in [3.63, 3.8) is 0 Å². The summed E-state index contributed by atoms with van der Waals surface area (Å²) in [5.41, 5.74) is 3.39. The zero-order valence-corrected chi connectivity index (χ0v) is 20.8. The van der Waals surface area contributed by atoms with Crippen molar-refractivity contribution in [2.75, 3.05) is 17.3 Å². The number of nitrogens with one attached hydrogen (secondary N) is 1. The monoisotopic (exact) mass is 462 g/mol. The first kappa shape index (κ1) is 25.1. The maximum atomic E-state index is 12.4. The molecule has 0 aliphatic rings. The number of rotatable bonds is 7. The molecule has 1 N–H and O–H groups in total. The molecule has 6 nitrogen and oxygen atoms in total. The molecule has 0 aliphatic carbocycles. The summed E-state index contributed by atoms with van der Waals surface area (Å²) in [5.74, 6) is -0.255. The summed E-state index contributed by atoms with van der Waals surface area (Å²) in [4.78, 5) is 26.8. The zero-order chi connectivity index (χ0) is 24.9. The quantitative estimate of drug-likeness (QED) is 0.409. The Hall–Kier alpha value is -3.54. The molecule has 0 saturated carbocycles. The van der Waals surface area contributed by atoms with E-state index in [1.807, 2.05) is 70.2 Å². The number of aryl methyl sites for hydroxylation is 1. The molecule has 6 heteroatoms. The van der Waals surface area contributed by atoms with Crippen LogP contribution in [0.1, 0.15) is 45.2 Å². The Bertz CT molecular complexity index is 1170. The molecule has 1 amide bonds. The molecule has 0 radical (unpaired) electrons. The van der Waals surface area contributed by atoms with Gasteiger partial charge in [0.05, 0.1) is 19.2 Å². The van der Waals surface area contributed by atoms with E-state index < -0.39 is 11.7 Å². The minimum Gasteiger partial charge on any atom is -0.469 e. The molecular weight excluding hydrogens is 428 g/mol. The third kappa shape index (κ3) is 6.50. The SMILES string of the molecule is COC(=O)CC(C)N(Cc1cccc(C)c1)c1ccc(NC(=O)OC(C)(C)C)c2ccccc12. The second kappa shape index (κ2) is 10.6. The second-order valence-corrected chi connectivity index (χ2v) is 9.55. The van der Waals surface area contributed by atoms with Crippen molar-refractivity contribution in [1.29, 1.82) is 0 Å². The van der Waals surface area contributed by atoms with Crippen LogP contribution < -0.4 is 10.2 Å². The van der Waals surface area contributed by atoms with Gasteiger partial charge in [0.15, 0.2) is 0 Å². The number of anilines is 2. The highest BCUT2D eigenvalue weighted by Crippen LogP contribution is 2.35. The van der Waals surface area contributed by atoms with Gasteiger partial charge in [-0.1, -0.05) is 54.1 Å². The Labute approximate surface area is 201 Å². The number of carbonyl (C=O) groups excluding carboxylic acids is 2. The molecule has 0 saturated heterocycles. The van der Waals surface area contributed by atoms with Crippen LogP contribution in [0.2, 0.25) is 0 Å². The lowest BCUT2D eigenvalue weighted by molar-refractivity contribution is -0.140. The van der Waals surface area contributed by atoms with Gasteiger partial charge in [-0.25, -0.2) is 4.79 Å². The minimum atomic E-state index is -0.590. The van der Waals surface area contributed by atoms with Crippen molar-refractivity contribution in [2.24, 2.45) is 0 Å². The van der Waals surface area contributed by atoms with E-state index >= 15 is 0 Å². The number of fused-ring (bicyclic) bond motifs is 1. The molecular formula is C28H34N2O4. The van der Waals surface area contributed by atoms with Crippen LogP contribution in [0.4, 0.5) is 16.2 Å². The summed E-state index contributed by atoms with van der Waals surface area (Å²) in [7, 11) is 1.41. The molecule has 1 unspecified atom stereocenters. The molecule has 180 valence electrons. The lowest BCUT2D eigenvalue weighted by Crippen LogP contribution is -2.35. The molecule has 0 aliphatic heterocycles. The highest BCUT2D eigenvalue weighted by atomic mass is 16.6. The molecule has 34 heavy (non-hydrogen) atoms. The first-order valence-corrected chi connectivity index (χ1v) is 11.5. The first-order valence-electron chi connectivity index (χ1n) is 11.5. The zero-order valence-electron chi connectivity index (χ0n) is 20.8. The predicted octanol–water partition coefficient (Wildman–Crippen LogP) is 6.45. The molecule has 0 fully saturated rings. The Balaban J connectivity index is 2.03. The van der Waals surface area contributed by atoms with Crippen LogP contribution in [0.25, 0.3) is 10.8 Å². The van der Waals surface area contributed by atoms with E-state index in [0.29, 0.717) is 12.2 Å². The second-order valence-electron chi connectivity index (χ2n) is 9.55. The summed E-state index contributed by atoms with van der Waals surface area (Å²) < 4.78 is 10.4. The normalized spacial score (nSPS) is 12.2. The predicted molar refractivity (Wildman–Crippen MR) is 137 cm³/mol. The van der Waals surface area contributed by atoms with Crippen molar-refractivity contribution in [3.05, 3.63) is 71.8 Å². The number of methoxy groups -OCH3 is 1. The van der Waals surface area contributed by atoms with E-state index in [0.717, 1.165) is 22.0 Å². The largest absolute Gasteiger partial charge is 0.469 e. The maximum Gasteiger partial charge on any atom is 0.412 e. The fraction of sp³-hybridized carbons (Fsp3) is 0.357. The van der Waals surface area contributed by atoms with E-state index in [4.69, 9.17) is 9.47 Å². The summed E-state index contributed by atoms with van der Waals surface area (Å²) in [5, 5.41) is 4.75. The molecule has 3 rings (SSSR count). The van der Waals surface area contributed by atoms with Crippen LogP contribution >= 0.6 is 0 Å². The van der Waals surface area contributed by atoms with E-state index in [-0.39, 0.29) is 18.4 Å². The van der Waals surface area contributed by atoms with Crippen LogP contribution in [0, 0.1) is 6.92 Å². The number of amides is 1. The number of esters is 1. The number of benzene rings is 3. The third-order valence-electron chi connectivity index (χ3n) is 5.50. The van der Waals surface area contributed by atoms with Gasteiger partial charge < -0.3 is 14.4 Å². The van der Waals surface area contributed by atoms with Gasteiger partial charge in [0, 0.05) is 29.0 Å². The van der Waals surface area contributed by atoms with Crippen molar-refractivity contribution in [3.8, 4) is 0 Å². The lowest BCUT2D eigenvalue weighted by Gasteiger charge is -2.32. The van der Waals surface area contributed by atoms with Crippen molar-refractivity contribution in [1.82, 2.24) is 0 Å². The number of ether oxygens (including phenoxy) is 2. The standard InChI is InChI=1S/C28H34N2O4/c1-19-10-9-11-21(16-19)18-30(20(2)17-26(31)33-6)25-15-14-24(22-12-7-8-13-23(22)25)29-27(32)34-28(3,4)5/h7-16,20H,17-18H2,1-6H3,(H,29,32). The van der Waals surface area contributed by atoms with E-state index in [1.54, 1.807) is 0 Å². The van der Waals surface area contributed by atoms with Crippen molar-refractivity contribution >= 4 is 34.2 Å². The van der Waals surface area contributed by atoms with Crippen LogP contribution in [-0.2, 0) is 20.8 Å². The third-order valence-corrected chi connectivity index (χ3v) is 5.50. The van der Waals surface area contributed by atoms with Gasteiger partial charge in [-0.15, -0.1) is 0 Å². The Morgan fingerprint density at radius 3 is 2.35 bits per heavy atom. The van der Waals surface area contributed by atoms with E-state index in [9.17, 15) is 9.59 Å². The lowest BCUT2D eigenvalue weighted by atomic mass is 10.0. The minimum absolute atomic E-state index is 0.110. The van der Waals surface area contributed by atoms with Gasteiger partial charge in [0.1, 0.15) is 5.60 Å². The molecule has 0 heterocycles. The topological polar surface area (TPSA) is 67.9 Å². The Morgan fingerprint density at radius 2 is 1.71 bits per heavy atom. The highest BCUT2D eigenvalue weighted by molar-refractivity contribution is 6.05. The molecule has 0 spiro atoms. The summed E-state index contributed by atoms with van der Waals surface area (Å²) in [6, 6.07) is 20.0. The van der Waals surface area contributed by atoms with Gasteiger partial charge in [-0.3, -0.25) is 10.1 Å². The molecule has 1 atom stereocenters. The van der Waals surface area contributed by atoms with Gasteiger partial charge in [0.25, 0.3) is 0 Å². The fourth-order valence-corrected chi connectivity index (χ4v) is 3.98. The molecule has 3 aromatic carbocycles. The fourth-order valence-electron chi connectivity index (χ4n) is 3.98. The van der Waals surface area contributed by atoms with Gasteiger partial charge in [-0.2, -0.15) is 0 Å². The first-order chi connectivity index (χ1) is 16.1. The molecule has 0 aromatic heterocycles. The highest BCUT2D eigenvalue weighted by Gasteiger charge is 2.22. The molecule has 0 bridgehead atoms. The average Bonchev–Trinajstić information content (AvgIpc) is 2.76. The number of carbonyl (C=O) groups is 2.